The molecule has 0 bridgehead atoms. The number of nitrogens with zero attached hydrogens (tertiary/aromatic N) is 1. The highest BCUT2D eigenvalue weighted by molar-refractivity contribution is 7.09. The van der Waals surface area contributed by atoms with Crippen molar-refractivity contribution in [2.24, 2.45) is 0 Å². The predicted octanol–water partition coefficient (Wildman–Crippen LogP) is 4.25. The van der Waals surface area contributed by atoms with Gasteiger partial charge in [-0.3, -0.25) is 4.79 Å². The molecule has 2 aromatic rings. The highest BCUT2D eigenvalue weighted by Crippen LogP contribution is 2.29. The zero-order chi connectivity index (χ0) is 18.9. The van der Waals surface area contributed by atoms with Gasteiger partial charge in [0.15, 0.2) is 11.5 Å². The molecule has 154 valence electrons. The minimum atomic E-state index is 0. The van der Waals surface area contributed by atoms with E-state index < -0.39 is 0 Å². The zero-order valence-electron chi connectivity index (χ0n) is 16.3. The van der Waals surface area contributed by atoms with Crippen LogP contribution in [0, 0.1) is 0 Å². The molecule has 1 aliphatic heterocycles. The molecule has 0 saturated carbocycles. The third-order valence-electron chi connectivity index (χ3n) is 4.74. The third-order valence-corrected chi connectivity index (χ3v) is 5.59. The lowest BCUT2D eigenvalue weighted by atomic mass is 10.2. The SMILES string of the molecule is COc1cc(CNCCN2CCCCCC2=O)ccc1OCc1cccs1.Cl. The van der Waals surface area contributed by atoms with Gasteiger partial charge in [0, 0.05) is 37.5 Å². The van der Waals surface area contributed by atoms with Crippen LogP contribution in [-0.4, -0.2) is 37.6 Å². The van der Waals surface area contributed by atoms with Crippen molar-refractivity contribution in [1.82, 2.24) is 10.2 Å². The van der Waals surface area contributed by atoms with Crippen LogP contribution < -0.4 is 14.8 Å². The van der Waals surface area contributed by atoms with Crippen LogP contribution in [0.2, 0.25) is 0 Å². The Morgan fingerprint density at radius 1 is 1.18 bits per heavy atom. The smallest absolute Gasteiger partial charge is 0.222 e. The van der Waals surface area contributed by atoms with Gasteiger partial charge in [0.2, 0.25) is 5.91 Å². The summed E-state index contributed by atoms with van der Waals surface area (Å²) in [7, 11) is 1.66. The molecule has 7 heteroatoms. The number of methoxy groups -OCH3 is 1. The van der Waals surface area contributed by atoms with Crippen molar-refractivity contribution in [3.05, 3.63) is 46.2 Å². The number of hydrogen-bond acceptors (Lipinski definition) is 5. The van der Waals surface area contributed by atoms with Crippen LogP contribution in [-0.2, 0) is 17.9 Å². The van der Waals surface area contributed by atoms with E-state index in [0.717, 1.165) is 62.5 Å². The fraction of sp³-hybridized carbons (Fsp3) is 0.476. The van der Waals surface area contributed by atoms with Gasteiger partial charge in [0.1, 0.15) is 6.61 Å². The zero-order valence-corrected chi connectivity index (χ0v) is 17.9. The van der Waals surface area contributed by atoms with Gasteiger partial charge in [0.05, 0.1) is 7.11 Å². The average Bonchev–Trinajstić information content (AvgIpc) is 3.13. The Labute approximate surface area is 177 Å². The van der Waals surface area contributed by atoms with Gasteiger partial charge in [-0.1, -0.05) is 18.6 Å². The number of carbonyl (C=O) groups is 1. The predicted molar refractivity (Wildman–Crippen MR) is 116 cm³/mol. The number of likely N-dealkylation sites (tertiary alicyclic amines) is 1. The summed E-state index contributed by atoms with van der Waals surface area (Å²) in [6, 6.07) is 10.1. The summed E-state index contributed by atoms with van der Waals surface area (Å²) in [5.74, 6) is 1.79. The summed E-state index contributed by atoms with van der Waals surface area (Å²) in [6.07, 6.45) is 4.01. The minimum absolute atomic E-state index is 0. The number of thiophene rings is 1. The Bertz CT molecular complexity index is 724. The Kier molecular flexibility index (Phi) is 9.61. The number of benzene rings is 1. The first kappa shape index (κ1) is 22.5. The van der Waals surface area contributed by atoms with Crippen LogP contribution in [0.3, 0.4) is 0 Å². The first-order valence-electron chi connectivity index (χ1n) is 9.57. The van der Waals surface area contributed by atoms with Crippen LogP contribution in [0.5, 0.6) is 11.5 Å². The number of hydrogen-bond donors (Lipinski definition) is 1. The lowest BCUT2D eigenvalue weighted by molar-refractivity contribution is -0.130. The maximum Gasteiger partial charge on any atom is 0.222 e. The maximum atomic E-state index is 12.0. The van der Waals surface area contributed by atoms with E-state index in [9.17, 15) is 4.79 Å². The number of ether oxygens (including phenoxy) is 2. The van der Waals surface area contributed by atoms with Crippen molar-refractivity contribution in [3.63, 3.8) is 0 Å². The highest BCUT2D eigenvalue weighted by Gasteiger charge is 2.15. The van der Waals surface area contributed by atoms with Crippen LogP contribution in [0.25, 0.3) is 0 Å². The largest absolute Gasteiger partial charge is 0.493 e. The van der Waals surface area contributed by atoms with Crippen molar-refractivity contribution >= 4 is 29.7 Å². The molecule has 1 N–H and O–H groups in total. The molecule has 0 unspecified atom stereocenters. The van der Waals surface area contributed by atoms with Crippen LogP contribution in [0.1, 0.15) is 36.1 Å². The Morgan fingerprint density at radius 3 is 2.86 bits per heavy atom. The van der Waals surface area contributed by atoms with Gasteiger partial charge in [-0.2, -0.15) is 0 Å². The summed E-state index contributed by atoms with van der Waals surface area (Å²) in [6.45, 7) is 3.76. The lowest BCUT2D eigenvalue weighted by Gasteiger charge is -2.20. The second kappa shape index (κ2) is 11.9. The van der Waals surface area contributed by atoms with Gasteiger partial charge in [-0.15, -0.1) is 23.7 Å². The highest BCUT2D eigenvalue weighted by atomic mass is 35.5. The van der Waals surface area contributed by atoms with Gasteiger partial charge < -0.3 is 19.7 Å². The Morgan fingerprint density at radius 2 is 2.07 bits per heavy atom. The molecule has 1 saturated heterocycles. The van der Waals surface area contributed by atoms with Gasteiger partial charge in [-0.05, 0) is 42.0 Å². The second-order valence-electron chi connectivity index (χ2n) is 6.72. The van der Waals surface area contributed by atoms with Crippen molar-refractivity contribution in [1.29, 1.82) is 0 Å². The molecule has 28 heavy (non-hydrogen) atoms. The van der Waals surface area contributed by atoms with Gasteiger partial charge in [0.25, 0.3) is 0 Å². The number of nitrogens with one attached hydrogen (secondary N) is 1. The van der Waals surface area contributed by atoms with E-state index in [-0.39, 0.29) is 12.4 Å². The molecule has 1 amide bonds. The molecule has 0 radical (unpaired) electrons. The summed E-state index contributed by atoms with van der Waals surface area (Å²) < 4.78 is 11.4. The van der Waals surface area contributed by atoms with E-state index in [0.29, 0.717) is 18.9 Å². The van der Waals surface area contributed by atoms with Crippen LogP contribution in [0.4, 0.5) is 0 Å². The molecule has 0 atom stereocenters. The van der Waals surface area contributed by atoms with Crippen molar-refractivity contribution < 1.29 is 14.3 Å². The lowest BCUT2D eigenvalue weighted by Crippen LogP contribution is -2.36. The quantitative estimate of drug-likeness (QED) is 0.611. The summed E-state index contributed by atoms with van der Waals surface area (Å²) in [5, 5.41) is 5.47. The van der Waals surface area contributed by atoms with Crippen molar-refractivity contribution in [2.45, 2.75) is 38.8 Å². The van der Waals surface area contributed by atoms with E-state index in [2.05, 4.69) is 17.4 Å². The van der Waals surface area contributed by atoms with Gasteiger partial charge in [-0.25, -0.2) is 0 Å². The third kappa shape index (κ3) is 6.69. The van der Waals surface area contributed by atoms with E-state index in [1.807, 2.05) is 28.5 Å². The number of halogens is 1. The van der Waals surface area contributed by atoms with Gasteiger partial charge >= 0.3 is 0 Å². The number of amides is 1. The fourth-order valence-electron chi connectivity index (χ4n) is 3.21. The van der Waals surface area contributed by atoms with E-state index in [1.165, 1.54) is 4.88 Å². The molecule has 1 aromatic carbocycles. The molecule has 0 aliphatic carbocycles. The monoisotopic (exact) mass is 424 g/mol. The molecule has 1 fully saturated rings. The first-order valence-corrected chi connectivity index (χ1v) is 10.4. The molecule has 3 rings (SSSR count). The summed E-state index contributed by atoms with van der Waals surface area (Å²) in [5.41, 5.74) is 1.14. The summed E-state index contributed by atoms with van der Waals surface area (Å²) in [4.78, 5) is 15.2. The number of carbonyl (C=O) groups excluding carboxylic acids is 1. The average molecular weight is 425 g/mol. The topological polar surface area (TPSA) is 50.8 Å². The normalized spacial score (nSPS) is 14.3. The molecule has 5 nitrogen and oxygen atoms in total. The molecule has 2 heterocycles. The van der Waals surface area contributed by atoms with E-state index >= 15 is 0 Å². The van der Waals surface area contributed by atoms with E-state index in [1.54, 1.807) is 18.4 Å². The molecule has 0 spiro atoms. The van der Waals surface area contributed by atoms with Crippen LogP contribution in [0.15, 0.2) is 35.7 Å². The number of rotatable bonds is 9. The summed E-state index contributed by atoms with van der Waals surface area (Å²) >= 11 is 1.68. The standard InChI is InChI=1S/C21H28N2O3S.ClH/c1-25-20-14-17(8-9-19(20)26-16-18-6-5-13-27-18)15-22-10-12-23-11-4-2-3-7-21(23)24;/h5-6,8-9,13-14,22H,2-4,7,10-12,15-16H2,1H3;1H. The minimum Gasteiger partial charge on any atom is -0.493 e. The van der Waals surface area contributed by atoms with E-state index in [4.69, 9.17) is 9.47 Å². The fourth-order valence-corrected chi connectivity index (χ4v) is 3.82. The molecule has 1 aliphatic rings. The van der Waals surface area contributed by atoms with Crippen molar-refractivity contribution in [2.75, 3.05) is 26.7 Å². The second-order valence-corrected chi connectivity index (χ2v) is 7.75. The Balaban J connectivity index is 0.00000280. The first-order chi connectivity index (χ1) is 13.3. The molecular formula is C21H29ClN2O3S. The molecular weight excluding hydrogens is 396 g/mol. The molecule has 1 aromatic heterocycles. The Hall–Kier alpha value is -1.76. The maximum absolute atomic E-state index is 12.0. The van der Waals surface area contributed by atoms with Crippen LogP contribution >= 0.6 is 23.7 Å². The van der Waals surface area contributed by atoms with Crippen molar-refractivity contribution in [3.8, 4) is 11.5 Å².